The Morgan fingerprint density at radius 3 is 2.76 bits per heavy atom. The van der Waals surface area contributed by atoms with Gasteiger partial charge in [-0.25, -0.2) is 0 Å². The van der Waals surface area contributed by atoms with E-state index in [4.69, 9.17) is 10.5 Å². The molecule has 1 aromatic rings. The van der Waals surface area contributed by atoms with Crippen molar-refractivity contribution in [2.45, 2.75) is 18.9 Å². The van der Waals surface area contributed by atoms with E-state index < -0.39 is 5.54 Å². The largest absolute Gasteiger partial charge is 0.379 e. The number of para-hydroxylation sites is 1. The SMILES string of the molecule is Cc1ccccc1N(C)C(=O)C1(N)CCOC1. The average Bonchev–Trinajstić information content (AvgIpc) is 2.76. The number of ether oxygens (including phenoxy) is 1. The van der Waals surface area contributed by atoms with Gasteiger partial charge in [-0.15, -0.1) is 0 Å². The van der Waals surface area contributed by atoms with Gasteiger partial charge in [0.1, 0.15) is 5.54 Å². The van der Waals surface area contributed by atoms with E-state index in [-0.39, 0.29) is 5.91 Å². The number of anilines is 1. The van der Waals surface area contributed by atoms with Crippen molar-refractivity contribution in [2.75, 3.05) is 25.2 Å². The third-order valence-corrected chi connectivity index (χ3v) is 3.26. The Morgan fingerprint density at radius 1 is 1.47 bits per heavy atom. The monoisotopic (exact) mass is 234 g/mol. The van der Waals surface area contributed by atoms with Gasteiger partial charge in [0.25, 0.3) is 0 Å². The molecule has 2 N–H and O–H groups in total. The highest BCUT2D eigenvalue weighted by Gasteiger charge is 2.40. The van der Waals surface area contributed by atoms with Gasteiger partial charge in [0.15, 0.2) is 0 Å². The predicted molar refractivity (Wildman–Crippen MR) is 66.9 cm³/mol. The lowest BCUT2D eigenvalue weighted by Gasteiger charge is -2.28. The summed E-state index contributed by atoms with van der Waals surface area (Å²) in [6, 6.07) is 7.77. The fourth-order valence-electron chi connectivity index (χ4n) is 2.13. The first-order valence-electron chi connectivity index (χ1n) is 5.75. The second-order valence-electron chi connectivity index (χ2n) is 4.61. The summed E-state index contributed by atoms with van der Waals surface area (Å²) < 4.78 is 5.23. The van der Waals surface area contributed by atoms with Crippen LogP contribution in [0.1, 0.15) is 12.0 Å². The molecule has 2 rings (SSSR count). The molecule has 1 unspecified atom stereocenters. The van der Waals surface area contributed by atoms with Crippen LogP contribution in [-0.4, -0.2) is 31.7 Å². The first kappa shape index (κ1) is 12.1. The Labute approximate surface area is 101 Å². The van der Waals surface area contributed by atoms with Crippen LogP contribution < -0.4 is 10.6 Å². The van der Waals surface area contributed by atoms with E-state index in [0.29, 0.717) is 19.6 Å². The highest BCUT2D eigenvalue weighted by molar-refractivity contribution is 6.00. The fraction of sp³-hybridized carbons (Fsp3) is 0.462. The summed E-state index contributed by atoms with van der Waals surface area (Å²) in [5.41, 5.74) is 7.17. The smallest absolute Gasteiger partial charge is 0.249 e. The average molecular weight is 234 g/mol. The van der Waals surface area contributed by atoms with E-state index >= 15 is 0 Å². The summed E-state index contributed by atoms with van der Waals surface area (Å²) in [6.45, 7) is 2.85. The minimum absolute atomic E-state index is 0.0794. The van der Waals surface area contributed by atoms with Crippen molar-refractivity contribution in [3.8, 4) is 0 Å². The first-order valence-corrected chi connectivity index (χ1v) is 5.75. The van der Waals surface area contributed by atoms with Crippen LogP contribution in [0.15, 0.2) is 24.3 Å². The Morgan fingerprint density at radius 2 is 2.18 bits per heavy atom. The number of rotatable bonds is 2. The number of benzene rings is 1. The quantitative estimate of drug-likeness (QED) is 0.833. The Balaban J connectivity index is 2.23. The third-order valence-electron chi connectivity index (χ3n) is 3.26. The Hall–Kier alpha value is -1.39. The summed E-state index contributed by atoms with van der Waals surface area (Å²) in [6.07, 6.45) is 0.585. The zero-order valence-corrected chi connectivity index (χ0v) is 10.3. The zero-order chi connectivity index (χ0) is 12.5. The van der Waals surface area contributed by atoms with Crippen molar-refractivity contribution < 1.29 is 9.53 Å². The summed E-state index contributed by atoms with van der Waals surface area (Å²) in [7, 11) is 1.76. The number of hydrogen-bond acceptors (Lipinski definition) is 3. The van der Waals surface area contributed by atoms with E-state index in [1.165, 1.54) is 0 Å². The Bertz CT molecular complexity index is 425. The fourth-order valence-corrected chi connectivity index (χ4v) is 2.13. The van der Waals surface area contributed by atoms with E-state index in [2.05, 4.69) is 0 Å². The van der Waals surface area contributed by atoms with Gasteiger partial charge in [-0.1, -0.05) is 18.2 Å². The minimum atomic E-state index is -0.864. The minimum Gasteiger partial charge on any atom is -0.379 e. The van der Waals surface area contributed by atoms with Crippen molar-refractivity contribution in [1.82, 2.24) is 0 Å². The molecule has 0 radical (unpaired) electrons. The molecule has 0 aromatic heterocycles. The molecule has 1 heterocycles. The number of likely N-dealkylation sites (N-methyl/N-ethyl adjacent to an activating group) is 1. The zero-order valence-electron chi connectivity index (χ0n) is 10.3. The van der Waals surface area contributed by atoms with E-state index in [0.717, 1.165) is 11.3 Å². The molecular formula is C13H18N2O2. The number of nitrogens with two attached hydrogens (primary N) is 1. The van der Waals surface area contributed by atoms with Crippen molar-refractivity contribution in [3.05, 3.63) is 29.8 Å². The lowest BCUT2D eigenvalue weighted by atomic mass is 9.98. The molecular weight excluding hydrogens is 216 g/mol. The van der Waals surface area contributed by atoms with E-state index in [1.807, 2.05) is 31.2 Å². The highest BCUT2D eigenvalue weighted by Crippen LogP contribution is 2.24. The van der Waals surface area contributed by atoms with Crippen LogP contribution >= 0.6 is 0 Å². The van der Waals surface area contributed by atoms with E-state index in [1.54, 1.807) is 11.9 Å². The molecule has 0 aliphatic carbocycles. The molecule has 1 atom stereocenters. The summed E-state index contributed by atoms with van der Waals surface area (Å²) in [5.74, 6) is -0.0794. The first-order chi connectivity index (χ1) is 8.04. The maximum Gasteiger partial charge on any atom is 0.249 e. The van der Waals surface area contributed by atoms with Gasteiger partial charge in [0, 0.05) is 19.3 Å². The van der Waals surface area contributed by atoms with Crippen LogP contribution in [0.25, 0.3) is 0 Å². The van der Waals surface area contributed by atoms with Crippen LogP contribution in [0.2, 0.25) is 0 Å². The highest BCUT2D eigenvalue weighted by atomic mass is 16.5. The number of carbonyl (C=O) groups excluding carboxylic acids is 1. The van der Waals surface area contributed by atoms with Gasteiger partial charge in [-0.05, 0) is 25.0 Å². The lowest BCUT2D eigenvalue weighted by Crippen LogP contribution is -2.55. The molecule has 1 aromatic carbocycles. The number of nitrogens with zero attached hydrogens (tertiary/aromatic N) is 1. The van der Waals surface area contributed by atoms with Gasteiger partial charge in [0.2, 0.25) is 5.91 Å². The molecule has 1 aliphatic rings. The van der Waals surface area contributed by atoms with Gasteiger partial charge in [-0.2, -0.15) is 0 Å². The molecule has 17 heavy (non-hydrogen) atoms. The van der Waals surface area contributed by atoms with Crippen molar-refractivity contribution in [1.29, 1.82) is 0 Å². The number of carbonyl (C=O) groups is 1. The van der Waals surface area contributed by atoms with Crippen molar-refractivity contribution >= 4 is 11.6 Å². The molecule has 92 valence electrons. The number of aryl methyl sites for hydroxylation is 1. The maximum atomic E-state index is 12.3. The second-order valence-corrected chi connectivity index (χ2v) is 4.61. The number of amides is 1. The normalized spacial score (nSPS) is 23.7. The molecule has 4 nitrogen and oxygen atoms in total. The number of hydrogen-bond donors (Lipinski definition) is 1. The molecule has 0 bridgehead atoms. The van der Waals surface area contributed by atoms with Crippen LogP contribution in [0.5, 0.6) is 0 Å². The molecule has 1 fully saturated rings. The molecule has 1 amide bonds. The van der Waals surface area contributed by atoms with Gasteiger partial charge in [-0.3, -0.25) is 4.79 Å². The van der Waals surface area contributed by atoms with Crippen LogP contribution in [0.4, 0.5) is 5.69 Å². The maximum absolute atomic E-state index is 12.3. The molecule has 1 saturated heterocycles. The third kappa shape index (κ3) is 2.18. The molecule has 0 saturated carbocycles. The lowest BCUT2D eigenvalue weighted by molar-refractivity contribution is -0.123. The summed E-state index contributed by atoms with van der Waals surface area (Å²) in [5, 5.41) is 0. The molecule has 0 spiro atoms. The second kappa shape index (κ2) is 4.47. The summed E-state index contributed by atoms with van der Waals surface area (Å²) >= 11 is 0. The summed E-state index contributed by atoms with van der Waals surface area (Å²) in [4.78, 5) is 14.0. The topological polar surface area (TPSA) is 55.6 Å². The van der Waals surface area contributed by atoms with Gasteiger partial charge < -0.3 is 15.4 Å². The predicted octanol–water partition coefficient (Wildman–Crippen LogP) is 1.08. The molecule has 4 heteroatoms. The van der Waals surface area contributed by atoms with Crippen molar-refractivity contribution in [3.63, 3.8) is 0 Å². The van der Waals surface area contributed by atoms with E-state index in [9.17, 15) is 4.79 Å². The van der Waals surface area contributed by atoms with Crippen LogP contribution in [-0.2, 0) is 9.53 Å². The standard InChI is InChI=1S/C13H18N2O2/c1-10-5-3-4-6-11(10)15(2)12(16)13(14)7-8-17-9-13/h3-6H,7-9,14H2,1-2H3. The van der Waals surface area contributed by atoms with Crippen LogP contribution in [0.3, 0.4) is 0 Å². The molecule has 1 aliphatic heterocycles. The van der Waals surface area contributed by atoms with Gasteiger partial charge >= 0.3 is 0 Å². The van der Waals surface area contributed by atoms with Crippen LogP contribution in [0, 0.1) is 6.92 Å². The van der Waals surface area contributed by atoms with Gasteiger partial charge in [0.05, 0.1) is 6.61 Å². The Kier molecular flexibility index (Phi) is 3.17. The van der Waals surface area contributed by atoms with Crippen molar-refractivity contribution in [2.24, 2.45) is 5.73 Å².